The van der Waals surface area contributed by atoms with Crippen molar-refractivity contribution < 1.29 is 0 Å². The summed E-state index contributed by atoms with van der Waals surface area (Å²) in [5.41, 5.74) is 4.55. The highest BCUT2D eigenvalue weighted by Crippen LogP contribution is 2.37. The lowest BCUT2D eigenvalue weighted by Crippen LogP contribution is -2.20. The number of fused-ring (bicyclic) bond motifs is 1. The van der Waals surface area contributed by atoms with Gasteiger partial charge in [-0.3, -0.25) is 0 Å². The Labute approximate surface area is 177 Å². The van der Waals surface area contributed by atoms with Crippen molar-refractivity contribution in [2.24, 2.45) is 0 Å². The quantitative estimate of drug-likeness (QED) is 0.496. The molecule has 2 aromatic heterocycles. The van der Waals surface area contributed by atoms with Crippen molar-refractivity contribution in [3.63, 3.8) is 0 Å². The number of aryl methyl sites for hydroxylation is 1. The van der Waals surface area contributed by atoms with E-state index in [1.165, 1.54) is 6.33 Å². The standard InChI is InChI=1S/C21H16Cl2N6/c1-13-19(20(23)28(27-13)16-9-7-15(22)8-10-16)18-11-17(14-5-3-2-4-6-14)26-21-24-12-25-29(18)21/h2-12,18H,1H3,(H,24,25,26)/t18-/m0/s1. The van der Waals surface area contributed by atoms with Crippen LogP contribution in [0.4, 0.5) is 5.95 Å². The molecule has 8 heteroatoms. The number of nitrogens with zero attached hydrogens (tertiary/aromatic N) is 5. The zero-order valence-electron chi connectivity index (χ0n) is 15.4. The summed E-state index contributed by atoms with van der Waals surface area (Å²) >= 11 is 12.8. The van der Waals surface area contributed by atoms with Gasteiger partial charge in [0, 0.05) is 16.3 Å². The molecule has 0 saturated heterocycles. The molecule has 1 N–H and O–H groups in total. The van der Waals surface area contributed by atoms with E-state index in [4.69, 9.17) is 23.2 Å². The van der Waals surface area contributed by atoms with Crippen LogP contribution in [0.5, 0.6) is 0 Å². The molecule has 29 heavy (non-hydrogen) atoms. The second-order valence-corrected chi connectivity index (χ2v) is 7.52. The molecule has 5 rings (SSSR count). The number of allylic oxidation sites excluding steroid dienone is 1. The molecule has 0 unspecified atom stereocenters. The van der Waals surface area contributed by atoms with Crippen molar-refractivity contribution in [1.82, 2.24) is 24.5 Å². The average Bonchev–Trinajstić information content (AvgIpc) is 3.33. The molecule has 0 radical (unpaired) electrons. The van der Waals surface area contributed by atoms with Crippen LogP contribution < -0.4 is 5.32 Å². The molecular formula is C21H16Cl2N6. The summed E-state index contributed by atoms with van der Waals surface area (Å²) in [6.45, 7) is 1.95. The first kappa shape index (κ1) is 18.0. The molecule has 0 aliphatic carbocycles. The Morgan fingerprint density at radius 1 is 1.00 bits per heavy atom. The van der Waals surface area contributed by atoms with E-state index in [1.807, 2.05) is 66.2 Å². The fraction of sp³-hybridized carbons (Fsp3) is 0.0952. The summed E-state index contributed by atoms with van der Waals surface area (Å²) in [5.74, 6) is 0.658. The summed E-state index contributed by atoms with van der Waals surface area (Å²) < 4.78 is 3.53. The van der Waals surface area contributed by atoms with Crippen molar-refractivity contribution >= 4 is 34.8 Å². The third-order valence-corrected chi connectivity index (χ3v) is 5.52. The number of hydrogen-bond donors (Lipinski definition) is 1. The lowest BCUT2D eigenvalue weighted by molar-refractivity contribution is 0.609. The first-order valence-corrected chi connectivity index (χ1v) is 9.82. The molecule has 0 amide bonds. The molecule has 4 aromatic rings. The normalized spacial score (nSPS) is 15.6. The first-order valence-electron chi connectivity index (χ1n) is 9.06. The van der Waals surface area contributed by atoms with Gasteiger partial charge in [-0.15, -0.1) is 0 Å². The highest BCUT2D eigenvalue weighted by Gasteiger charge is 2.29. The van der Waals surface area contributed by atoms with Gasteiger partial charge >= 0.3 is 0 Å². The van der Waals surface area contributed by atoms with Gasteiger partial charge < -0.3 is 5.32 Å². The van der Waals surface area contributed by atoms with Gasteiger partial charge in [-0.2, -0.15) is 15.2 Å². The van der Waals surface area contributed by atoms with Gasteiger partial charge in [-0.25, -0.2) is 9.36 Å². The van der Waals surface area contributed by atoms with Gasteiger partial charge in [0.1, 0.15) is 17.5 Å². The van der Waals surface area contributed by atoms with E-state index < -0.39 is 0 Å². The average molecular weight is 423 g/mol. The summed E-state index contributed by atoms with van der Waals surface area (Å²) in [6.07, 6.45) is 3.63. The molecule has 0 fully saturated rings. The van der Waals surface area contributed by atoms with Crippen LogP contribution in [0.1, 0.15) is 22.9 Å². The number of nitrogens with one attached hydrogen (secondary N) is 1. The Balaban J connectivity index is 1.65. The number of anilines is 1. The van der Waals surface area contributed by atoms with Crippen LogP contribution in [0.2, 0.25) is 10.2 Å². The molecule has 3 heterocycles. The van der Waals surface area contributed by atoms with E-state index in [9.17, 15) is 0 Å². The van der Waals surface area contributed by atoms with Crippen molar-refractivity contribution in [1.29, 1.82) is 0 Å². The lowest BCUT2D eigenvalue weighted by Gasteiger charge is -2.24. The Kier molecular flexibility index (Phi) is 4.38. The third kappa shape index (κ3) is 3.10. The molecule has 0 spiro atoms. The molecule has 6 nitrogen and oxygen atoms in total. The van der Waals surface area contributed by atoms with Crippen LogP contribution in [0.3, 0.4) is 0 Å². The Morgan fingerprint density at radius 3 is 2.52 bits per heavy atom. The summed E-state index contributed by atoms with van der Waals surface area (Å²) in [6, 6.07) is 17.3. The Morgan fingerprint density at radius 2 is 1.76 bits per heavy atom. The van der Waals surface area contributed by atoms with Crippen molar-refractivity contribution in [2.75, 3.05) is 5.32 Å². The van der Waals surface area contributed by atoms with Gasteiger partial charge in [-0.05, 0) is 42.8 Å². The molecule has 1 aliphatic heterocycles. The van der Waals surface area contributed by atoms with E-state index in [2.05, 4.69) is 26.6 Å². The predicted molar refractivity (Wildman–Crippen MR) is 115 cm³/mol. The van der Waals surface area contributed by atoms with Crippen LogP contribution in [-0.2, 0) is 0 Å². The Bertz CT molecular complexity index is 1210. The highest BCUT2D eigenvalue weighted by atomic mass is 35.5. The second kappa shape index (κ2) is 7.06. The number of rotatable bonds is 3. The van der Waals surface area contributed by atoms with E-state index >= 15 is 0 Å². The fourth-order valence-electron chi connectivity index (χ4n) is 3.53. The van der Waals surface area contributed by atoms with Gasteiger partial charge in [0.15, 0.2) is 0 Å². The lowest BCUT2D eigenvalue weighted by atomic mass is 10.0. The molecular weight excluding hydrogens is 407 g/mol. The van der Waals surface area contributed by atoms with Crippen LogP contribution in [0.15, 0.2) is 67.0 Å². The molecule has 2 aromatic carbocycles. The van der Waals surface area contributed by atoms with Crippen molar-refractivity contribution in [3.05, 3.63) is 94.0 Å². The smallest absolute Gasteiger partial charge is 0.226 e. The van der Waals surface area contributed by atoms with Crippen LogP contribution in [0, 0.1) is 6.92 Å². The van der Waals surface area contributed by atoms with Crippen LogP contribution >= 0.6 is 23.2 Å². The third-order valence-electron chi connectivity index (χ3n) is 4.91. The first-order chi connectivity index (χ1) is 14.1. The predicted octanol–water partition coefficient (Wildman–Crippen LogP) is 5.14. The maximum atomic E-state index is 6.82. The zero-order valence-corrected chi connectivity index (χ0v) is 16.9. The summed E-state index contributed by atoms with van der Waals surface area (Å²) in [7, 11) is 0. The van der Waals surface area contributed by atoms with Gasteiger partial charge in [0.2, 0.25) is 5.95 Å². The number of halogens is 2. The minimum absolute atomic E-state index is 0.238. The highest BCUT2D eigenvalue weighted by molar-refractivity contribution is 6.31. The van der Waals surface area contributed by atoms with Crippen LogP contribution in [-0.4, -0.2) is 24.5 Å². The minimum Gasteiger partial charge on any atom is -0.324 e. The van der Waals surface area contributed by atoms with Gasteiger partial charge in [-0.1, -0.05) is 53.5 Å². The van der Waals surface area contributed by atoms with Gasteiger partial charge in [0.05, 0.1) is 11.4 Å². The fourth-order valence-corrected chi connectivity index (χ4v) is 4.04. The second-order valence-electron chi connectivity index (χ2n) is 6.72. The van der Waals surface area contributed by atoms with Crippen molar-refractivity contribution in [2.45, 2.75) is 13.0 Å². The van der Waals surface area contributed by atoms with E-state index in [1.54, 1.807) is 4.68 Å². The minimum atomic E-state index is -0.238. The SMILES string of the molecule is Cc1nn(-c2ccc(Cl)cc2)c(Cl)c1[C@@H]1C=C(c2ccccc2)Nc2ncnn21. The molecule has 1 atom stereocenters. The van der Waals surface area contributed by atoms with Gasteiger partial charge in [0.25, 0.3) is 0 Å². The number of aromatic nitrogens is 5. The maximum Gasteiger partial charge on any atom is 0.226 e. The molecule has 144 valence electrons. The van der Waals surface area contributed by atoms with Crippen molar-refractivity contribution in [3.8, 4) is 5.69 Å². The number of benzene rings is 2. The zero-order chi connectivity index (χ0) is 20.0. The van der Waals surface area contributed by atoms with E-state index in [0.29, 0.717) is 16.1 Å². The summed E-state index contributed by atoms with van der Waals surface area (Å²) in [4.78, 5) is 4.36. The Hall–Kier alpha value is -3.09. The molecule has 0 bridgehead atoms. The van der Waals surface area contributed by atoms with E-state index in [0.717, 1.165) is 28.2 Å². The maximum absolute atomic E-state index is 6.82. The largest absolute Gasteiger partial charge is 0.324 e. The topological polar surface area (TPSA) is 60.6 Å². The van der Waals surface area contributed by atoms with E-state index in [-0.39, 0.29) is 6.04 Å². The van der Waals surface area contributed by atoms with Crippen LogP contribution in [0.25, 0.3) is 11.4 Å². The monoisotopic (exact) mass is 422 g/mol. The molecule has 1 aliphatic rings. The number of hydrogen-bond acceptors (Lipinski definition) is 4. The summed E-state index contributed by atoms with van der Waals surface area (Å²) in [5, 5.41) is 13.6. The molecule has 0 saturated carbocycles.